The van der Waals surface area contributed by atoms with Gasteiger partial charge in [0.05, 0.1) is 18.7 Å². The molecule has 23 heavy (non-hydrogen) atoms. The van der Waals surface area contributed by atoms with Crippen molar-refractivity contribution in [2.75, 3.05) is 0 Å². The van der Waals surface area contributed by atoms with Gasteiger partial charge in [0, 0.05) is 6.42 Å². The van der Waals surface area contributed by atoms with Crippen LogP contribution >= 0.6 is 0 Å². The fraction of sp³-hybridized carbons (Fsp3) is 0.545. The molecular formula is C11H18N6O6. The van der Waals surface area contributed by atoms with E-state index in [2.05, 4.69) is 20.8 Å². The molecule has 12 nitrogen and oxygen atoms in total. The summed E-state index contributed by atoms with van der Waals surface area (Å²) in [5.41, 5.74) is 10.6. The summed E-state index contributed by atoms with van der Waals surface area (Å²) in [6.45, 7) is 1.03. The maximum atomic E-state index is 11.5. The van der Waals surface area contributed by atoms with E-state index < -0.39 is 36.1 Å². The largest absolute Gasteiger partial charge is 0.480 e. The highest BCUT2D eigenvalue weighted by Crippen LogP contribution is 2.09. The normalized spacial score (nSPS) is 14.6. The highest BCUT2D eigenvalue weighted by Gasteiger charge is 2.25. The smallest absolute Gasteiger partial charge is 0.328 e. The van der Waals surface area contributed by atoms with E-state index in [1.54, 1.807) is 0 Å². The standard InChI is InChI=1S/C11H18N6O6/c1-4(18)8(10(20)21)16-11(22)14-3-7-15-9(17-23-7)5(12)2-6(13)19/h4-5,8,18H,2-3,12H2,1H3,(H2,13,19)(H,20,21)(H2,14,16,22). The number of primary amides is 1. The van der Waals surface area contributed by atoms with Crippen molar-refractivity contribution in [1.29, 1.82) is 0 Å². The first kappa shape index (κ1) is 18.3. The fourth-order valence-electron chi connectivity index (χ4n) is 1.54. The van der Waals surface area contributed by atoms with Crippen LogP contribution in [0.25, 0.3) is 0 Å². The Balaban J connectivity index is 2.52. The number of nitrogens with zero attached hydrogens (tertiary/aromatic N) is 2. The van der Waals surface area contributed by atoms with Gasteiger partial charge in [-0.1, -0.05) is 5.16 Å². The first-order chi connectivity index (χ1) is 10.7. The van der Waals surface area contributed by atoms with Crippen molar-refractivity contribution >= 4 is 17.9 Å². The molecule has 1 aromatic rings. The summed E-state index contributed by atoms with van der Waals surface area (Å²) < 4.78 is 4.82. The minimum atomic E-state index is -1.46. The van der Waals surface area contributed by atoms with Crippen LogP contribution < -0.4 is 22.1 Å². The third-order valence-corrected chi connectivity index (χ3v) is 2.67. The molecule has 0 saturated heterocycles. The number of nitrogens with two attached hydrogens (primary N) is 2. The molecule has 0 fully saturated rings. The van der Waals surface area contributed by atoms with Gasteiger partial charge in [-0.2, -0.15) is 4.98 Å². The van der Waals surface area contributed by atoms with Crippen LogP contribution in [0.15, 0.2) is 4.52 Å². The van der Waals surface area contributed by atoms with Crippen molar-refractivity contribution in [2.45, 2.75) is 38.1 Å². The Morgan fingerprint density at radius 3 is 2.57 bits per heavy atom. The Labute approximate surface area is 130 Å². The van der Waals surface area contributed by atoms with E-state index in [1.165, 1.54) is 6.92 Å². The number of aliphatic hydroxyl groups excluding tert-OH is 1. The molecule has 0 aliphatic heterocycles. The lowest BCUT2D eigenvalue weighted by Gasteiger charge is -2.16. The van der Waals surface area contributed by atoms with E-state index in [9.17, 15) is 19.5 Å². The zero-order valence-electron chi connectivity index (χ0n) is 12.2. The van der Waals surface area contributed by atoms with E-state index in [-0.39, 0.29) is 24.7 Å². The zero-order valence-corrected chi connectivity index (χ0v) is 12.2. The van der Waals surface area contributed by atoms with E-state index in [1.807, 2.05) is 0 Å². The summed E-state index contributed by atoms with van der Waals surface area (Å²) in [4.78, 5) is 37.0. The lowest BCUT2D eigenvalue weighted by molar-refractivity contribution is -0.141. The number of rotatable bonds is 8. The third kappa shape index (κ3) is 5.88. The van der Waals surface area contributed by atoms with Gasteiger partial charge in [0.25, 0.3) is 0 Å². The Hall–Kier alpha value is -2.73. The summed E-state index contributed by atoms with van der Waals surface area (Å²) in [6.07, 6.45) is -1.44. The molecule has 0 bridgehead atoms. The molecular weight excluding hydrogens is 312 g/mol. The molecule has 3 amide bonds. The van der Waals surface area contributed by atoms with Crippen LogP contribution in [0.4, 0.5) is 4.79 Å². The van der Waals surface area contributed by atoms with Crippen molar-refractivity contribution < 1.29 is 29.1 Å². The number of aromatic nitrogens is 2. The number of amides is 3. The fourth-order valence-corrected chi connectivity index (χ4v) is 1.54. The first-order valence-electron chi connectivity index (χ1n) is 6.52. The van der Waals surface area contributed by atoms with Gasteiger partial charge in [-0.15, -0.1) is 0 Å². The van der Waals surface area contributed by atoms with Crippen LogP contribution in [0.1, 0.15) is 31.1 Å². The Kier molecular flexibility index (Phi) is 6.41. The Morgan fingerprint density at radius 2 is 2.04 bits per heavy atom. The molecule has 0 spiro atoms. The summed E-state index contributed by atoms with van der Waals surface area (Å²) in [6, 6.07) is -3.14. The molecule has 3 unspecified atom stereocenters. The molecule has 12 heteroatoms. The second kappa shape index (κ2) is 8.05. The number of carboxylic acids is 1. The molecule has 0 aromatic carbocycles. The molecule has 1 aromatic heterocycles. The lowest BCUT2D eigenvalue weighted by atomic mass is 10.2. The minimum absolute atomic E-state index is 0.000933. The van der Waals surface area contributed by atoms with E-state index in [4.69, 9.17) is 21.1 Å². The van der Waals surface area contributed by atoms with Gasteiger partial charge in [-0.3, -0.25) is 4.79 Å². The number of hydrogen-bond donors (Lipinski definition) is 6. The quantitative estimate of drug-likeness (QED) is 0.299. The van der Waals surface area contributed by atoms with Gasteiger partial charge in [-0.05, 0) is 6.92 Å². The van der Waals surface area contributed by atoms with E-state index in [0.717, 1.165) is 0 Å². The lowest BCUT2D eigenvalue weighted by Crippen LogP contribution is -2.51. The number of carbonyl (C=O) groups excluding carboxylic acids is 2. The highest BCUT2D eigenvalue weighted by atomic mass is 16.5. The van der Waals surface area contributed by atoms with Crippen LogP contribution in [0.3, 0.4) is 0 Å². The van der Waals surface area contributed by atoms with Crippen LogP contribution in [0, 0.1) is 0 Å². The number of carbonyl (C=O) groups is 3. The number of carboxylic acid groups (broad SMARTS) is 1. The van der Waals surface area contributed by atoms with Gasteiger partial charge in [0.15, 0.2) is 11.9 Å². The first-order valence-corrected chi connectivity index (χ1v) is 6.52. The molecule has 1 rings (SSSR count). The van der Waals surface area contributed by atoms with Gasteiger partial charge in [0.1, 0.15) is 0 Å². The van der Waals surface area contributed by atoms with E-state index in [0.29, 0.717) is 0 Å². The monoisotopic (exact) mass is 330 g/mol. The zero-order chi connectivity index (χ0) is 17.6. The van der Waals surface area contributed by atoms with Crippen LogP contribution in [-0.4, -0.2) is 50.4 Å². The summed E-state index contributed by atoms with van der Waals surface area (Å²) >= 11 is 0. The molecule has 1 heterocycles. The predicted molar refractivity (Wildman–Crippen MR) is 73.5 cm³/mol. The number of hydrogen-bond acceptors (Lipinski definition) is 8. The van der Waals surface area contributed by atoms with Gasteiger partial charge in [0.2, 0.25) is 11.8 Å². The molecule has 0 saturated carbocycles. The van der Waals surface area contributed by atoms with Gasteiger partial charge >= 0.3 is 12.0 Å². The van der Waals surface area contributed by atoms with Crippen molar-refractivity contribution in [3.8, 4) is 0 Å². The van der Waals surface area contributed by atoms with Crippen LogP contribution in [0.2, 0.25) is 0 Å². The Bertz CT molecular complexity index is 573. The van der Waals surface area contributed by atoms with E-state index >= 15 is 0 Å². The SMILES string of the molecule is CC(O)C(NC(=O)NCc1nc(C(N)CC(N)=O)no1)C(=O)O. The average Bonchev–Trinajstić information content (AvgIpc) is 2.90. The molecule has 3 atom stereocenters. The predicted octanol–water partition coefficient (Wildman–Crippen LogP) is -2.42. The molecule has 0 radical (unpaired) electrons. The topological polar surface area (TPSA) is 207 Å². The van der Waals surface area contributed by atoms with Crippen LogP contribution in [0.5, 0.6) is 0 Å². The maximum Gasteiger partial charge on any atom is 0.328 e. The second-order valence-corrected chi connectivity index (χ2v) is 4.71. The van der Waals surface area contributed by atoms with Crippen LogP contribution in [-0.2, 0) is 16.1 Å². The molecule has 8 N–H and O–H groups in total. The van der Waals surface area contributed by atoms with Crippen molar-refractivity contribution in [3.05, 3.63) is 11.7 Å². The number of urea groups is 1. The van der Waals surface area contributed by atoms with Crippen molar-refractivity contribution in [2.24, 2.45) is 11.5 Å². The highest BCUT2D eigenvalue weighted by molar-refractivity contribution is 5.82. The number of aliphatic carboxylic acids is 1. The molecule has 128 valence electrons. The molecule has 0 aliphatic rings. The average molecular weight is 330 g/mol. The Morgan fingerprint density at radius 1 is 1.39 bits per heavy atom. The van der Waals surface area contributed by atoms with Gasteiger partial charge in [-0.25, -0.2) is 9.59 Å². The number of aliphatic hydroxyl groups is 1. The maximum absolute atomic E-state index is 11.5. The third-order valence-electron chi connectivity index (χ3n) is 2.67. The summed E-state index contributed by atoms with van der Waals surface area (Å²) in [7, 11) is 0. The summed E-state index contributed by atoms with van der Waals surface area (Å²) in [5, 5.41) is 25.9. The number of nitrogens with one attached hydrogen (secondary N) is 2. The van der Waals surface area contributed by atoms with Crippen molar-refractivity contribution in [3.63, 3.8) is 0 Å². The van der Waals surface area contributed by atoms with Gasteiger partial charge < -0.3 is 36.8 Å². The molecule has 0 aliphatic carbocycles. The van der Waals surface area contributed by atoms with Crippen molar-refractivity contribution in [1.82, 2.24) is 20.8 Å². The second-order valence-electron chi connectivity index (χ2n) is 4.71. The minimum Gasteiger partial charge on any atom is -0.480 e. The summed E-state index contributed by atoms with van der Waals surface area (Å²) in [5.74, 6) is -1.96.